The Labute approximate surface area is 657 Å². The fraction of sp³-hybridized carbons (Fsp3) is 0.528. The summed E-state index contributed by atoms with van der Waals surface area (Å²) >= 11 is 0. The molecule has 1 fully saturated rings. The highest BCUT2D eigenvalue weighted by Crippen LogP contribution is 2.22. The maximum Gasteiger partial charge on any atom is 0.329 e. The van der Waals surface area contributed by atoms with Gasteiger partial charge in [0, 0.05) is 47.6 Å². The van der Waals surface area contributed by atoms with Crippen molar-refractivity contribution < 1.29 is 126 Å². The second-order valence-electron chi connectivity index (χ2n) is 27.2. The van der Waals surface area contributed by atoms with Crippen LogP contribution in [0.1, 0.15) is 146 Å². The number of ether oxygens (including phenoxy) is 1. The Kier molecular flexibility index (Phi) is 39.2. The van der Waals surface area contributed by atoms with E-state index in [4.69, 9.17) is 21.9 Å². The van der Waals surface area contributed by atoms with E-state index in [1.165, 1.54) is 24.3 Å². The number of aliphatic hydroxyl groups is 1. The number of nitrogen functional groups attached to an aromatic ring is 1. The molecule has 43 nitrogen and oxygen atoms in total. The number of hydrogen-bond acceptors (Lipinski definition) is 24. The summed E-state index contributed by atoms with van der Waals surface area (Å²) in [6.45, 7) is 1.11. The van der Waals surface area contributed by atoms with Crippen molar-refractivity contribution in [3.8, 4) is 0 Å². The molecule has 1 saturated heterocycles. The zero-order valence-corrected chi connectivity index (χ0v) is 63.6. The molecule has 11 unspecified atom stereocenters. The second kappa shape index (κ2) is 47.6. The van der Waals surface area contributed by atoms with Crippen LogP contribution in [0.25, 0.3) is 10.9 Å². The van der Waals surface area contributed by atoms with E-state index in [2.05, 4.69) is 65.1 Å². The molecule has 1 aliphatic heterocycles. The van der Waals surface area contributed by atoms with Crippen LogP contribution in [0.15, 0.2) is 54.7 Å². The van der Waals surface area contributed by atoms with Gasteiger partial charge in [-0.1, -0.05) is 82.7 Å². The number of aliphatic hydroxyl groups excluding tert-OH is 1. The molecule has 2 aromatic carbocycles. The molecule has 13 atom stereocenters. The number of benzene rings is 2. The summed E-state index contributed by atoms with van der Waals surface area (Å²) in [4.78, 5) is 276. The van der Waals surface area contributed by atoms with Gasteiger partial charge in [-0.2, -0.15) is 0 Å². The van der Waals surface area contributed by atoms with E-state index in [0.29, 0.717) is 29.3 Å². The molecule has 1 aliphatic rings. The Balaban J connectivity index is 1.87. The van der Waals surface area contributed by atoms with E-state index in [-0.39, 0.29) is 37.1 Å². The topological polar surface area (TPSA) is 702 Å². The predicted molar refractivity (Wildman–Crippen MR) is 400 cm³/mol. The first-order valence-corrected chi connectivity index (χ1v) is 36.8. The van der Waals surface area contributed by atoms with Crippen LogP contribution in [0.2, 0.25) is 0 Å². The van der Waals surface area contributed by atoms with Crippen molar-refractivity contribution in [2.24, 2.45) is 17.4 Å². The van der Waals surface area contributed by atoms with Crippen LogP contribution >= 0.6 is 0 Å². The number of carboxylic acid groups (broad SMARTS) is 4. The van der Waals surface area contributed by atoms with Crippen LogP contribution in [-0.4, -0.2) is 248 Å². The Morgan fingerprint density at radius 1 is 0.548 bits per heavy atom. The summed E-state index contributed by atoms with van der Waals surface area (Å²) in [6, 6.07) is -10.5. The average Bonchev–Trinajstić information content (AvgIpc) is 1.72. The number of carbonyl (C=O) groups excluding carboxylic acids is 16. The van der Waals surface area contributed by atoms with Gasteiger partial charge in [0.25, 0.3) is 0 Å². The van der Waals surface area contributed by atoms with Gasteiger partial charge in [-0.05, 0) is 69.3 Å². The Morgan fingerprint density at radius 2 is 1.09 bits per heavy atom. The number of aromatic nitrogens is 1. The predicted octanol–water partition coefficient (Wildman–Crippen LogP) is -5.62. The number of cyclic esters (lactones) is 1. The smallest absolute Gasteiger partial charge is 0.329 e. The number of amides is 14. The average molecular weight is 1620 g/mol. The first-order valence-electron chi connectivity index (χ1n) is 36.8. The number of nitrogens with two attached hydrogens (primary N) is 3. The van der Waals surface area contributed by atoms with Gasteiger partial charge >= 0.3 is 29.8 Å². The summed E-state index contributed by atoms with van der Waals surface area (Å²) in [7, 11) is 0. The summed E-state index contributed by atoms with van der Waals surface area (Å²) in [5, 5.41) is 78.7. The Morgan fingerprint density at radius 3 is 1.69 bits per heavy atom. The van der Waals surface area contributed by atoms with E-state index in [1.54, 1.807) is 30.5 Å². The first kappa shape index (κ1) is 94.7. The van der Waals surface area contributed by atoms with Gasteiger partial charge in [0.1, 0.15) is 72.6 Å². The number of anilines is 1. The monoisotopic (exact) mass is 1620 g/mol. The molecule has 2 heterocycles. The van der Waals surface area contributed by atoms with Crippen molar-refractivity contribution in [1.82, 2.24) is 74.1 Å². The number of hydrogen-bond donors (Lipinski definition) is 22. The number of H-pyrrole nitrogens is 1. The third kappa shape index (κ3) is 32.5. The molecule has 0 saturated carbocycles. The van der Waals surface area contributed by atoms with Gasteiger partial charge < -0.3 is 122 Å². The normalized spacial score (nSPS) is 21.2. The van der Waals surface area contributed by atoms with Gasteiger partial charge in [-0.3, -0.25) is 91.1 Å². The lowest BCUT2D eigenvalue weighted by Gasteiger charge is -2.30. The number of aromatic amines is 1. The first-order chi connectivity index (χ1) is 54.4. The minimum atomic E-state index is -2.45. The van der Waals surface area contributed by atoms with Crippen molar-refractivity contribution in [2.45, 2.75) is 209 Å². The number of aliphatic carboxylic acids is 4. The van der Waals surface area contributed by atoms with Crippen LogP contribution in [0.4, 0.5) is 5.69 Å². The number of carboxylic acids is 4. The van der Waals surface area contributed by atoms with Crippen molar-refractivity contribution in [3.05, 3.63) is 65.9 Å². The van der Waals surface area contributed by atoms with Gasteiger partial charge in [-0.15, -0.1) is 0 Å². The third-order valence-electron chi connectivity index (χ3n) is 17.9. The molecular formula is C72H101N17O26. The molecule has 0 radical (unpaired) electrons. The van der Waals surface area contributed by atoms with Crippen LogP contribution in [0, 0.1) is 5.92 Å². The summed E-state index contributed by atoms with van der Waals surface area (Å²) < 4.78 is 5.68. The van der Waals surface area contributed by atoms with E-state index in [0.717, 1.165) is 52.9 Å². The number of Topliss-reactive ketones (excluding diaryl/α,β-unsaturated/α-hetero) is 1. The summed E-state index contributed by atoms with van der Waals surface area (Å²) in [5.41, 5.74) is 18.1. The van der Waals surface area contributed by atoms with Crippen molar-refractivity contribution in [2.75, 3.05) is 32.0 Å². The molecule has 43 heteroatoms. The molecule has 4 rings (SSSR count). The highest BCUT2D eigenvalue weighted by atomic mass is 16.5. The number of nitrogens with one attached hydrogen (secondary N) is 14. The lowest BCUT2D eigenvalue weighted by Crippen LogP contribution is -2.62. The van der Waals surface area contributed by atoms with Crippen LogP contribution in [0.5, 0.6) is 0 Å². The summed E-state index contributed by atoms with van der Waals surface area (Å²) in [6.07, 6.45) is -2.33. The molecular weight excluding hydrogens is 1520 g/mol. The van der Waals surface area contributed by atoms with Crippen molar-refractivity contribution in [1.29, 1.82) is 0 Å². The van der Waals surface area contributed by atoms with E-state index < -0.39 is 261 Å². The van der Waals surface area contributed by atoms with Gasteiger partial charge in [0.15, 0.2) is 5.78 Å². The zero-order valence-electron chi connectivity index (χ0n) is 63.6. The summed E-state index contributed by atoms with van der Waals surface area (Å²) in [5.74, 6) is -29.7. The highest BCUT2D eigenvalue weighted by molar-refractivity contribution is 6.05. The van der Waals surface area contributed by atoms with Gasteiger partial charge in [-0.25, -0.2) is 4.79 Å². The van der Waals surface area contributed by atoms with Crippen LogP contribution in [-0.2, 0) is 102 Å². The maximum absolute atomic E-state index is 14.8. The minimum Gasteiger partial charge on any atom is -0.481 e. The lowest BCUT2D eigenvalue weighted by molar-refractivity contribution is -0.156. The standard InChI is InChI=1S/C72H101N17O26/c1-5-6-7-8-9-10-11-22-53(93)81-44(25-38-31-76-42-20-15-13-17-39(38)42)66(108)84-45(27-52(75)92)67(109)86-48(30-59(102)103)68(110)89-61-37(4)115-72(114)49(26-51(91)40-18-12-14-19-41(40)74)87-71(113)60(35(2)24-56(96)97)88-69(111)50(34-90)82-55(95)32-77-63(105)46(28-57(98)99)83-62(104)36(3)79-65(107)47(29-58(100)101)85-64(106)43(21-16-23-73)80-54(94)33-78-70(61)112/h12-15,17-20,31,35-37,43-50,60-61,76,90H,5-11,16,21-30,32-34,73-74H2,1-4H3,(H2,75,92)(H,77,105)(H,78,112)(H,79,107)(H,80,94)(H,81,93)(H,82,95)(H,83,104)(H,84,108)(H,85,106)(H,86,109)(H,87,113)(H,88,111)(H,89,110)(H,96,97)(H,98,99)(H,100,101)(H,102,103)/t35?,36?,37-,43?,44?,45?,46?,47?,48?,49?,50?,60?,61+/m1/s1. The zero-order chi connectivity index (χ0) is 85.8. The van der Waals surface area contributed by atoms with Crippen molar-refractivity contribution in [3.63, 3.8) is 0 Å². The fourth-order valence-corrected chi connectivity index (χ4v) is 11.7. The van der Waals surface area contributed by atoms with Gasteiger partial charge in [0.05, 0.1) is 51.8 Å². The van der Waals surface area contributed by atoms with E-state index in [1.807, 2.05) is 16.0 Å². The van der Waals surface area contributed by atoms with E-state index in [9.17, 15) is 121 Å². The number of primary amides is 1. The van der Waals surface area contributed by atoms with Crippen LogP contribution < -0.4 is 86.3 Å². The van der Waals surface area contributed by atoms with Crippen molar-refractivity contribution >= 4 is 135 Å². The quantitative estimate of drug-likeness (QED) is 0.0113. The molecule has 1 aromatic heterocycles. The molecule has 0 aliphatic carbocycles. The van der Waals surface area contributed by atoms with E-state index >= 15 is 0 Å². The SMILES string of the molecule is CCCCCCCCCC(=O)NC(Cc1c[nH]c2ccccc12)C(=O)NC(CC(N)=O)C(=O)NC(CC(=O)O)C(=O)N[C@@H]1C(=O)NCC(=O)NC(CCCN)C(=O)NC(CC(=O)O)C(=O)NC(C)C(=O)NC(CC(=O)O)C(=O)NCC(=O)NC(CO)C(=O)NC(C(C)CC(=O)O)C(=O)NC(CC(=O)c2ccccc2N)C(=O)O[C@@H]1C. The number of ketones is 1. The Bertz CT molecular complexity index is 4040. The molecule has 0 spiro atoms. The second-order valence-corrected chi connectivity index (χ2v) is 27.2. The number of para-hydroxylation sites is 2. The third-order valence-corrected chi connectivity index (χ3v) is 17.9. The minimum absolute atomic E-state index is 0.0186. The largest absolute Gasteiger partial charge is 0.481 e. The molecule has 0 bridgehead atoms. The highest BCUT2D eigenvalue weighted by Gasteiger charge is 2.41. The number of rotatable bonds is 35. The number of fused-ring (bicyclic) bond motifs is 1. The van der Waals surface area contributed by atoms with Gasteiger partial charge in [0.2, 0.25) is 82.7 Å². The molecule has 630 valence electrons. The molecule has 14 amide bonds. The number of carbonyl (C=O) groups is 20. The Hall–Kier alpha value is -12.7. The number of esters is 1. The lowest BCUT2D eigenvalue weighted by atomic mass is 9.96. The molecule has 25 N–H and O–H groups in total. The fourth-order valence-electron chi connectivity index (χ4n) is 11.7. The maximum atomic E-state index is 14.8. The van der Waals surface area contributed by atoms with Crippen LogP contribution in [0.3, 0.4) is 0 Å². The number of unbranched alkanes of at least 4 members (excludes halogenated alkanes) is 6. The molecule has 3 aromatic rings. The molecule has 115 heavy (non-hydrogen) atoms.